The van der Waals surface area contributed by atoms with Crippen molar-refractivity contribution in [1.29, 1.82) is 0 Å². The minimum Gasteiger partial charge on any atom is -0.321 e. The van der Waals surface area contributed by atoms with Gasteiger partial charge < -0.3 is 5.32 Å². The predicted octanol–water partition coefficient (Wildman–Crippen LogP) is 3.74. The van der Waals surface area contributed by atoms with Crippen molar-refractivity contribution in [3.63, 3.8) is 0 Å². The highest BCUT2D eigenvalue weighted by Gasteiger charge is 2.16. The molecule has 1 aromatic rings. The maximum Gasteiger partial charge on any atom is 0.270 e. The predicted molar refractivity (Wildman–Crippen MR) is 79.5 cm³/mol. The number of amides is 1. The first-order valence-electron chi connectivity index (χ1n) is 6.71. The van der Waals surface area contributed by atoms with Gasteiger partial charge in [0.05, 0.1) is 0 Å². The molecule has 0 bridgehead atoms. The van der Waals surface area contributed by atoms with Crippen molar-refractivity contribution in [2.75, 3.05) is 5.32 Å². The lowest BCUT2D eigenvalue weighted by Crippen LogP contribution is -2.25. The van der Waals surface area contributed by atoms with E-state index in [4.69, 9.17) is 0 Å². The van der Waals surface area contributed by atoms with E-state index in [1.54, 1.807) is 6.20 Å². The van der Waals surface area contributed by atoms with Crippen LogP contribution in [0.2, 0.25) is 0 Å². The van der Waals surface area contributed by atoms with Crippen molar-refractivity contribution >= 4 is 17.3 Å². The van der Waals surface area contributed by atoms with Crippen LogP contribution in [-0.4, -0.2) is 11.6 Å². The Hall–Kier alpha value is -1.90. The molecule has 0 saturated carbocycles. The van der Waals surface area contributed by atoms with E-state index in [0.717, 1.165) is 5.69 Å². The zero-order valence-corrected chi connectivity index (χ0v) is 11.7. The van der Waals surface area contributed by atoms with Crippen LogP contribution >= 0.6 is 0 Å². The normalized spacial score (nSPS) is 18.3. The highest BCUT2D eigenvalue weighted by Crippen LogP contribution is 2.18. The molecule has 0 aromatic heterocycles. The van der Waals surface area contributed by atoms with Crippen LogP contribution in [0.3, 0.4) is 0 Å². The van der Waals surface area contributed by atoms with Crippen molar-refractivity contribution < 1.29 is 4.79 Å². The summed E-state index contributed by atoms with van der Waals surface area (Å²) in [4.78, 5) is 16.2. The summed E-state index contributed by atoms with van der Waals surface area (Å²) >= 11 is 0. The summed E-state index contributed by atoms with van der Waals surface area (Å²) < 4.78 is 0. The van der Waals surface area contributed by atoms with Gasteiger partial charge in [0.1, 0.15) is 5.71 Å². The van der Waals surface area contributed by atoms with E-state index in [2.05, 4.69) is 31.1 Å². The van der Waals surface area contributed by atoms with Gasteiger partial charge in [0.15, 0.2) is 0 Å². The van der Waals surface area contributed by atoms with Crippen LogP contribution in [0.25, 0.3) is 0 Å². The largest absolute Gasteiger partial charge is 0.321 e. The second kappa shape index (κ2) is 5.83. The molecule has 3 heteroatoms. The molecule has 3 nitrogen and oxygen atoms in total. The lowest BCUT2D eigenvalue weighted by Gasteiger charge is -2.13. The van der Waals surface area contributed by atoms with Gasteiger partial charge in [-0.05, 0) is 29.5 Å². The van der Waals surface area contributed by atoms with Crippen LogP contribution in [0.5, 0.6) is 0 Å². The summed E-state index contributed by atoms with van der Waals surface area (Å²) in [7, 11) is 0. The van der Waals surface area contributed by atoms with Crippen LogP contribution in [-0.2, 0) is 4.79 Å². The van der Waals surface area contributed by atoms with Crippen LogP contribution in [0.1, 0.15) is 38.7 Å². The van der Waals surface area contributed by atoms with E-state index in [9.17, 15) is 4.79 Å². The minimum atomic E-state index is -0.103. The molecule has 1 aliphatic heterocycles. The average Bonchev–Trinajstić information content (AvgIpc) is 2.39. The SMILES string of the molecule is CC1C=CN=C(C(=O)Nc2ccc(C(C)C)cc2)C1. The molecule has 1 N–H and O–H groups in total. The van der Waals surface area contributed by atoms with E-state index < -0.39 is 0 Å². The molecular weight excluding hydrogens is 236 g/mol. The van der Waals surface area contributed by atoms with Gasteiger partial charge in [0, 0.05) is 18.3 Å². The molecule has 0 spiro atoms. The quantitative estimate of drug-likeness (QED) is 0.879. The molecule has 1 heterocycles. The number of nitrogens with zero attached hydrogens (tertiary/aromatic N) is 1. The van der Waals surface area contributed by atoms with Crippen molar-refractivity contribution in [2.45, 2.75) is 33.1 Å². The molecule has 0 saturated heterocycles. The van der Waals surface area contributed by atoms with Gasteiger partial charge >= 0.3 is 0 Å². The van der Waals surface area contributed by atoms with E-state index in [1.165, 1.54) is 5.56 Å². The second-order valence-electron chi connectivity index (χ2n) is 5.33. The van der Waals surface area contributed by atoms with Gasteiger partial charge in [0.25, 0.3) is 5.91 Å². The number of allylic oxidation sites excluding steroid dienone is 1. The summed E-state index contributed by atoms with van der Waals surface area (Å²) in [6.07, 6.45) is 4.42. The Morgan fingerprint density at radius 3 is 2.58 bits per heavy atom. The molecule has 0 fully saturated rings. The van der Waals surface area contributed by atoms with Gasteiger partial charge in [-0.3, -0.25) is 9.79 Å². The molecule has 1 aromatic carbocycles. The third-order valence-corrected chi connectivity index (χ3v) is 3.26. The van der Waals surface area contributed by atoms with Gasteiger partial charge in [0.2, 0.25) is 0 Å². The summed E-state index contributed by atoms with van der Waals surface area (Å²) in [5, 5.41) is 2.89. The number of rotatable bonds is 3. The first kappa shape index (κ1) is 13.5. The monoisotopic (exact) mass is 256 g/mol. The Morgan fingerprint density at radius 2 is 2.00 bits per heavy atom. The summed E-state index contributed by atoms with van der Waals surface area (Å²) in [6, 6.07) is 7.97. The summed E-state index contributed by atoms with van der Waals surface area (Å²) in [6.45, 7) is 6.38. The zero-order chi connectivity index (χ0) is 13.8. The summed E-state index contributed by atoms with van der Waals surface area (Å²) in [5.74, 6) is 0.772. The number of hydrogen-bond acceptors (Lipinski definition) is 2. The smallest absolute Gasteiger partial charge is 0.270 e. The number of carbonyl (C=O) groups excluding carboxylic acids is 1. The molecule has 1 unspecified atom stereocenters. The highest BCUT2D eigenvalue weighted by molar-refractivity contribution is 6.43. The van der Waals surface area contributed by atoms with Crippen molar-refractivity contribution in [1.82, 2.24) is 0 Å². The van der Waals surface area contributed by atoms with E-state index in [0.29, 0.717) is 24.0 Å². The Balaban J connectivity index is 2.03. The third-order valence-electron chi connectivity index (χ3n) is 3.26. The molecule has 19 heavy (non-hydrogen) atoms. The van der Waals surface area contributed by atoms with Gasteiger partial charge in [-0.15, -0.1) is 0 Å². The van der Waals surface area contributed by atoms with Crippen LogP contribution in [0, 0.1) is 5.92 Å². The molecule has 1 amide bonds. The molecule has 100 valence electrons. The van der Waals surface area contributed by atoms with Gasteiger partial charge in [-0.2, -0.15) is 0 Å². The van der Waals surface area contributed by atoms with Crippen molar-refractivity contribution in [3.05, 3.63) is 42.1 Å². The molecule has 1 atom stereocenters. The highest BCUT2D eigenvalue weighted by atomic mass is 16.1. The second-order valence-corrected chi connectivity index (χ2v) is 5.33. The van der Waals surface area contributed by atoms with Crippen LogP contribution in [0.15, 0.2) is 41.5 Å². The number of hydrogen-bond donors (Lipinski definition) is 1. The van der Waals surface area contributed by atoms with E-state index >= 15 is 0 Å². The number of nitrogens with one attached hydrogen (secondary N) is 1. The number of aliphatic imine (C=N–C) groups is 1. The fraction of sp³-hybridized carbons (Fsp3) is 0.375. The fourth-order valence-electron chi connectivity index (χ4n) is 2.01. The Kier molecular flexibility index (Phi) is 4.15. The average molecular weight is 256 g/mol. The number of anilines is 1. The fourth-order valence-corrected chi connectivity index (χ4v) is 2.01. The van der Waals surface area contributed by atoms with Crippen molar-refractivity contribution in [2.24, 2.45) is 10.9 Å². The molecular formula is C16H20N2O. The maximum absolute atomic E-state index is 12.1. The van der Waals surface area contributed by atoms with Crippen LogP contribution < -0.4 is 5.32 Å². The third kappa shape index (κ3) is 3.53. The van der Waals surface area contributed by atoms with E-state index in [-0.39, 0.29) is 5.91 Å². The van der Waals surface area contributed by atoms with Crippen LogP contribution in [0.4, 0.5) is 5.69 Å². The number of benzene rings is 1. The summed E-state index contributed by atoms with van der Waals surface area (Å²) in [5.41, 5.74) is 2.69. The van der Waals surface area contributed by atoms with E-state index in [1.807, 2.05) is 30.3 Å². The number of carbonyl (C=O) groups is 1. The maximum atomic E-state index is 12.1. The Labute approximate surface area is 114 Å². The standard InChI is InChI=1S/C16H20N2O/c1-11(2)13-4-6-14(7-5-13)18-16(19)15-10-12(3)8-9-17-15/h4-9,11-12H,10H2,1-3H3,(H,18,19). The first-order valence-corrected chi connectivity index (χ1v) is 6.71. The Morgan fingerprint density at radius 1 is 1.32 bits per heavy atom. The molecule has 0 aliphatic carbocycles. The van der Waals surface area contributed by atoms with Gasteiger partial charge in [-0.25, -0.2) is 0 Å². The Bertz CT molecular complexity index is 512. The molecule has 2 rings (SSSR count). The zero-order valence-electron chi connectivity index (χ0n) is 11.7. The molecule has 0 radical (unpaired) electrons. The van der Waals surface area contributed by atoms with Gasteiger partial charge in [-0.1, -0.05) is 39.0 Å². The lowest BCUT2D eigenvalue weighted by molar-refractivity contribution is -0.110. The van der Waals surface area contributed by atoms with Crippen molar-refractivity contribution in [3.8, 4) is 0 Å². The lowest BCUT2D eigenvalue weighted by atomic mass is 10.0. The molecule has 1 aliphatic rings. The minimum absolute atomic E-state index is 0.103. The topological polar surface area (TPSA) is 41.5 Å². The first-order chi connectivity index (χ1) is 9.06.